The van der Waals surface area contributed by atoms with Crippen LogP contribution in [0.5, 0.6) is 0 Å². The number of aliphatic carboxylic acids is 1. The van der Waals surface area contributed by atoms with Crippen molar-refractivity contribution in [1.29, 1.82) is 5.26 Å². The predicted molar refractivity (Wildman–Crippen MR) is 94.1 cm³/mol. The number of rotatable bonds is 7. The molecule has 0 radical (unpaired) electrons. The Hall–Kier alpha value is -3.33. The van der Waals surface area contributed by atoms with E-state index in [-0.39, 0.29) is 6.42 Å². The number of carboxylic acids is 1. The predicted octanol–water partition coefficient (Wildman–Crippen LogP) is 3.16. The van der Waals surface area contributed by atoms with Gasteiger partial charge in [0.2, 0.25) is 0 Å². The van der Waals surface area contributed by atoms with Gasteiger partial charge in [0.15, 0.2) is 0 Å². The van der Waals surface area contributed by atoms with Gasteiger partial charge in [0.25, 0.3) is 0 Å². The van der Waals surface area contributed by atoms with E-state index >= 15 is 0 Å². The number of benzene rings is 2. The second-order valence-electron chi connectivity index (χ2n) is 5.61. The van der Waals surface area contributed by atoms with Gasteiger partial charge in [-0.15, -0.1) is 0 Å². The van der Waals surface area contributed by atoms with Crippen LogP contribution in [0.1, 0.15) is 24.0 Å². The van der Waals surface area contributed by atoms with Gasteiger partial charge in [-0.25, -0.2) is 4.79 Å². The van der Waals surface area contributed by atoms with Gasteiger partial charge >= 0.3 is 12.0 Å². The molecule has 0 fully saturated rings. The van der Waals surface area contributed by atoms with Gasteiger partial charge < -0.3 is 15.7 Å². The molecule has 2 aromatic carbocycles. The van der Waals surface area contributed by atoms with Crippen molar-refractivity contribution in [3.05, 3.63) is 65.7 Å². The van der Waals surface area contributed by atoms with E-state index < -0.39 is 18.0 Å². The van der Waals surface area contributed by atoms with Gasteiger partial charge in [-0.05, 0) is 42.7 Å². The van der Waals surface area contributed by atoms with Crippen LogP contribution in [0.2, 0.25) is 0 Å². The molecule has 25 heavy (non-hydrogen) atoms. The van der Waals surface area contributed by atoms with E-state index in [0.29, 0.717) is 24.1 Å². The molecule has 6 nitrogen and oxygen atoms in total. The monoisotopic (exact) mass is 337 g/mol. The van der Waals surface area contributed by atoms with Gasteiger partial charge in [0.05, 0.1) is 18.1 Å². The van der Waals surface area contributed by atoms with Crippen molar-refractivity contribution in [3.63, 3.8) is 0 Å². The quantitative estimate of drug-likeness (QED) is 0.722. The number of carbonyl (C=O) groups is 2. The van der Waals surface area contributed by atoms with Crippen molar-refractivity contribution in [3.8, 4) is 6.07 Å². The van der Waals surface area contributed by atoms with Crippen LogP contribution < -0.4 is 10.6 Å². The van der Waals surface area contributed by atoms with Crippen molar-refractivity contribution in [2.75, 3.05) is 5.32 Å². The van der Waals surface area contributed by atoms with Crippen LogP contribution in [-0.4, -0.2) is 23.1 Å². The molecule has 2 amide bonds. The van der Waals surface area contributed by atoms with Gasteiger partial charge in [0, 0.05) is 11.7 Å². The Bertz CT molecular complexity index is 752. The van der Waals surface area contributed by atoms with Gasteiger partial charge in [0.1, 0.15) is 0 Å². The highest BCUT2D eigenvalue weighted by molar-refractivity contribution is 5.89. The third kappa shape index (κ3) is 6.36. The smallest absolute Gasteiger partial charge is 0.319 e. The Morgan fingerprint density at radius 2 is 1.76 bits per heavy atom. The summed E-state index contributed by atoms with van der Waals surface area (Å²) in [5.74, 6) is -0.961. The van der Waals surface area contributed by atoms with Crippen LogP contribution in [0, 0.1) is 11.3 Å². The van der Waals surface area contributed by atoms with Crippen LogP contribution in [0.4, 0.5) is 10.5 Å². The number of hydrogen-bond acceptors (Lipinski definition) is 3. The van der Waals surface area contributed by atoms with Gasteiger partial charge in [-0.2, -0.15) is 5.26 Å². The number of nitrogens with zero attached hydrogens (tertiary/aromatic N) is 1. The number of carboxylic acid groups (broad SMARTS) is 1. The molecule has 0 bridgehead atoms. The Kier molecular flexibility index (Phi) is 6.55. The van der Waals surface area contributed by atoms with Crippen molar-refractivity contribution >= 4 is 17.7 Å². The molecule has 0 saturated heterocycles. The van der Waals surface area contributed by atoms with E-state index in [1.807, 2.05) is 36.4 Å². The molecule has 0 aromatic heterocycles. The minimum Gasteiger partial charge on any atom is -0.481 e. The lowest BCUT2D eigenvalue weighted by Crippen LogP contribution is -2.39. The summed E-state index contributed by atoms with van der Waals surface area (Å²) in [5, 5.41) is 23.1. The molecule has 0 aliphatic rings. The van der Waals surface area contributed by atoms with Gasteiger partial charge in [-0.1, -0.05) is 30.3 Å². The fourth-order valence-electron chi connectivity index (χ4n) is 2.40. The topological polar surface area (TPSA) is 102 Å². The van der Waals surface area contributed by atoms with E-state index in [9.17, 15) is 9.59 Å². The summed E-state index contributed by atoms with van der Waals surface area (Å²) in [5.41, 5.74) is 2.12. The second kappa shape index (κ2) is 9.08. The normalized spacial score (nSPS) is 11.2. The van der Waals surface area contributed by atoms with Crippen molar-refractivity contribution < 1.29 is 14.7 Å². The molecule has 0 aliphatic carbocycles. The van der Waals surface area contributed by atoms with Crippen molar-refractivity contribution in [1.82, 2.24) is 5.32 Å². The summed E-state index contributed by atoms with van der Waals surface area (Å²) in [7, 11) is 0. The summed E-state index contributed by atoms with van der Waals surface area (Å²) in [6.07, 6.45) is 1.06. The largest absolute Gasteiger partial charge is 0.481 e. The minimum absolute atomic E-state index is 0.145. The van der Waals surface area contributed by atoms with E-state index in [1.54, 1.807) is 24.3 Å². The number of nitrogens with one attached hydrogen (secondary N) is 2. The molecule has 128 valence electrons. The number of nitriles is 1. The number of urea groups is 1. The Balaban J connectivity index is 1.91. The molecular formula is C19H19N3O3. The van der Waals surface area contributed by atoms with Crippen molar-refractivity contribution in [2.45, 2.75) is 25.3 Å². The van der Waals surface area contributed by atoms with Crippen LogP contribution >= 0.6 is 0 Å². The summed E-state index contributed by atoms with van der Waals surface area (Å²) < 4.78 is 0. The third-order valence-electron chi connectivity index (χ3n) is 3.65. The molecule has 3 N–H and O–H groups in total. The summed E-state index contributed by atoms with van der Waals surface area (Å²) in [6, 6.07) is 17.2. The average Bonchev–Trinajstić information content (AvgIpc) is 2.60. The first kappa shape index (κ1) is 18.0. The second-order valence-corrected chi connectivity index (χ2v) is 5.61. The molecule has 0 heterocycles. The molecule has 2 rings (SSSR count). The van der Waals surface area contributed by atoms with Crippen LogP contribution in [0.15, 0.2) is 54.6 Å². The molecule has 6 heteroatoms. The zero-order chi connectivity index (χ0) is 18.1. The zero-order valence-electron chi connectivity index (χ0n) is 13.6. The number of hydrogen-bond donors (Lipinski definition) is 3. The fourth-order valence-corrected chi connectivity index (χ4v) is 2.40. The Labute approximate surface area is 146 Å². The van der Waals surface area contributed by atoms with Crippen LogP contribution in [-0.2, 0) is 11.2 Å². The first-order valence-electron chi connectivity index (χ1n) is 7.90. The molecule has 0 aliphatic heterocycles. The Morgan fingerprint density at radius 3 is 2.36 bits per heavy atom. The Morgan fingerprint density at radius 1 is 1.08 bits per heavy atom. The number of amides is 2. The lowest BCUT2D eigenvalue weighted by atomic mass is 10.0. The minimum atomic E-state index is -0.961. The standard InChI is InChI=1S/C19H19N3O3/c20-13-15-7-9-16(10-8-15)21-19(25)22-17(12-18(23)24)11-6-14-4-2-1-3-5-14/h1-5,7-10,17H,6,11-12H2,(H,23,24)(H2,21,22,25). The molecule has 0 spiro atoms. The number of aryl methyl sites for hydroxylation is 1. The van der Waals surface area contributed by atoms with E-state index in [4.69, 9.17) is 10.4 Å². The summed E-state index contributed by atoms with van der Waals surface area (Å²) in [4.78, 5) is 23.1. The highest BCUT2D eigenvalue weighted by Gasteiger charge is 2.16. The van der Waals surface area contributed by atoms with Gasteiger partial charge in [-0.3, -0.25) is 4.79 Å². The maximum Gasteiger partial charge on any atom is 0.319 e. The average molecular weight is 337 g/mol. The summed E-state index contributed by atoms with van der Waals surface area (Å²) in [6.45, 7) is 0. The molecule has 1 atom stereocenters. The first-order valence-corrected chi connectivity index (χ1v) is 7.90. The zero-order valence-corrected chi connectivity index (χ0v) is 13.6. The molecule has 0 saturated carbocycles. The SMILES string of the molecule is N#Cc1ccc(NC(=O)NC(CCc2ccccc2)CC(=O)O)cc1. The van der Waals surface area contributed by atoms with Crippen molar-refractivity contribution in [2.24, 2.45) is 0 Å². The molecule has 2 aromatic rings. The van der Waals surface area contributed by atoms with Crippen LogP contribution in [0.25, 0.3) is 0 Å². The lowest BCUT2D eigenvalue weighted by Gasteiger charge is -2.17. The number of anilines is 1. The highest BCUT2D eigenvalue weighted by Crippen LogP contribution is 2.10. The highest BCUT2D eigenvalue weighted by atomic mass is 16.4. The summed E-state index contributed by atoms with van der Waals surface area (Å²) >= 11 is 0. The maximum atomic E-state index is 12.1. The first-order chi connectivity index (χ1) is 12.1. The lowest BCUT2D eigenvalue weighted by molar-refractivity contribution is -0.137. The van der Waals surface area contributed by atoms with Crippen LogP contribution in [0.3, 0.4) is 0 Å². The van der Waals surface area contributed by atoms with E-state index in [0.717, 1.165) is 5.56 Å². The molecular weight excluding hydrogens is 318 g/mol. The fraction of sp³-hybridized carbons (Fsp3) is 0.211. The molecule has 1 unspecified atom stereocenters. The van der Waals surface area contributed by atoms with E-state index in [2.05, 4.69) is 10.6 Å². The third-order valence-corrected chi connectivity index (χ3v) is 3.65. The van der Waals surface area contributed by atoms with E-state index in [1.165, 1.54) is 0 Å². The maximum absolute atomic E-state index is 12.1. The number of carbonyl (C=O) groups excluding carboxylic acids is 1.